The van der Waals surface area contributed by atoms with Crippen molar-refractivity contribution in [3.63, 3.8) is 0 Å². The van der Waals surface area contributed by atoms with Crippen molar-refractivity contribution in [2.75, 3.05) is 13.2 Å². The SMILES string of the molecule is CC1(c2ccc(Cl)cc2)NC(=O)N(Cc2cc(Cl)c3c(c2)OCCCO3)C1=O. The van der Waals surface area contributed by atoms with E-state index >= 15 is 0 Å². The molecule has 2 aliphatic rings. The molecule has 0 bridgehead atoms. The average Bonchev–Trinajstić information content (AvgIpc) is 2.84. The summed E-state index contributed by atoms with van der Waals surface area (Å²) in [6.45, 7) is 2.80. The topological polar surface area (TPSA) is 67.9 Å². The molecule has 2 aromatic rings. The molecule has 2 aromatic carbocycles. The summed E-state index contributed by atoms with van der Waals surface area (Å²) in [6, 6.07) is 9.81. The Morgan fingerprint density at radius 1 is 1.11 bits per heavy atom. The molecule has 0 spiro atoms. The molecule has 2 heterocycles. The number of nitrogens with one attached hydrogen (secondary N) is 1. The molecule has 0 aromatic heterocycles. The van der Waals surface area contributed by atoms with E-state index in [4.69, 9.17) is 32.7 Å². The number of rotatable bonds is 3. The Bertz CT molecular complexity index is 948. The number of benzene rings is 2. The second-order valence-electron chi connectivity index (χ2n) is 6.91. The van der Waals surface area contributed by atoms with Crippen LogP contribution in [0.2, 0.25) is 10.0 Å². The van der Waals surface area contributed by atoms with Gasteiger partial charge in [-0.25, -0.2) is 4.79 Å². The molecule has 4 rings (SSSR count). The summed E-state index contributed by atoms with van der Waals surface area (Å²) >= 11 is 12.3. The van der Waals surface area contributed by atoms with Crippen LogP contribution in [0.5, 0.6) is 11.5 Å². The number of fused-ring (bicyclic) bond motifs is 1. The predicted octanol–water partition coefficient (Wildman–Crippen LogP) is 4.12. The third-order valence-electron chi connectivity index (χ3n) is 4.90. The minimum atomic E-state index is -1.16. The molecule has 3 amide bonds. The first-order valence-corrected chi connectivity index (χ1v) is 9.62. The van der Waals surface area contributed by atoms with Crippen LogP contribution < -0.4 is 14.8 Å². The van der Waals surface area contributed by atoms with Gasteiger partial charge < -0.3 is 14.8 Å². The lowest BCUT2D eigenvalue weighted by molar-refractivity contribution is -0.131. The zero-order chi connectivity index (χ0) is 19.9. The molecule has 1 fully saturated rings. The Balaban J connectivity index is 1.61. The summed E-state index contributed by atoms with van der Waals surface area (Å²) in [7, 11) is 0. The van der Waals surface area contributed by atoms with Crippen LogP contribution in [0.3, 0.4) is 0 Å². The Morgan fingerprint density at radius 2 is 1.82 bits per heavy atom. The molecule has 8 heteroatoms. The smallest absolute Gasteiger partial charge is 0.325 e. The molecule has 146 valence electrons. The van der Waals surface area contributed by atoms with Crippen LogP contribution in [0.4, 0.5) is 4.79 Å². The number of halogens is 2. The first-order valence-electron chi connectivity index (χ1n) is 8.86. The molecule has 6 nitrogen and oxygen atoms in total. The number of hydrogen-bond acceptors (Lipinski definition) is 4. The fraction of sp³-hybridized carbons (Fsp3) is 0.300. The highest BCUT2D eigenvalue weighted by Crippen LogP contribution is 2.39. The molecule has 2 aliphatic heterocycles. The zero-order valence-electron chi connectivity index (χ0n) is 15.1. The summed E-state index contributed by atoms with van der Waals surface area (Å²) < 4.78 is 11.3. The highest BCUT2D eigenvalue weighted by Gasteiger charge is 2.48. The van der Waals surface area contributed by atoms with Gasteiger partial charge in [-0.1, -0.05) is 35.3 Å². The molecule has 28 heavy (non-hydrogen) atoms. The van der Waals surface area contributed by atoms with Crippen molar-refractivity contribution in [3.8, 4) is 11.5 Å². The van der Waals surface area contributed by atoms with Crippen molar-refractivity contribution in [1.82, 2.24) is 10.2 Å². The van der Waals surface area contributed by atoms with E-state index in [0.29, 0.717) is 45.9 Å². The lowest BCUT2D eigenvalue weighted by Crippen LogP contribution is -2.40. The Hall–Kier alpha value is -2.44. The Labute approximate surface area is 172 Å². The monoisotopic (exact) mass is 420 g/mol. The number of carbonyl (C=O) groups excluding carboxylic acids is 2. The van der Waals surface area contributed by atoms with Crippen molar-refractivity contribution in [1.29, 1.82) is 0 Å². The lowest BCUT2D eigenvalue weighted by atomic mass is 9.92. The van der Waals surface area contributed by atoms with E-state index in [-0.39, 0.29) is 12.5 Å². The lowest BCUT2D eigenvalue weighted by Gasteiger charge is -2.22. The maximum absolute atomic E-state index is 13.1. The fourth-order valence-corrected chi connectivity index (χ4v) is 3.79. The highest BCUT2D eigenvalue weighted by atomic mass is 35.5. The third-order valence-corrected chi connectivity index (χ3v) is 5.43. The van der Waals surface area contributed by atoms with Crippen LogP contribution in [-0.4, -0.2) is 30.1 Å². The zero-order valence-corrected chi connectivity index (χ0v) is 16.6. The second kappa shape index (κ2) is 7.18. The Morgan fingerprint density at radius 3 is 2.57 bits per heavy atom. The maximum atomic E-state index is 13.1. The van der Waals surface area contributed by atoms with E-state index in [0.717, 1.165) is 6.42 Å². The molecular formula is C20H18Cl2N2O4. The quantitative estimate of drug-likeness (QED) is 0.758. The molecule has 1 unspecified atom stereocenters. The predicted molar refractivity (Wildman–Crippen MR) is 105 cm³/mol. The molecule has 0 aliphatic carbocycles. The van der Waals surface area contributed by atoms with Gasteiger partial charge in [-0.15, -0.1) is 0 Å². The van der Waals surface area contributed by atoms with Crippen LogP contribution in [0.1, 0.15) is 24.5 Å². The number of urea groups is 1. The van der Waals surface area contributed by atoms with Gasteiger partial charge in [0.15, 0.2) is 11.5 Å². The van der Waals surface area contributed by atoms with Gasteiger partial charge in [0.1, 0.15) is 5.54 Å². The maximum Gasteiger partial charge on any atom is 0.325 e. The summed E-state index contributed by atoms with van der Waals surface area (Å²) in [5.41, 5.74) is 0.184. The van der Waals surface area contributed by atoms with Gasteiger partial charge in [0, 0.05) is 11.4 Å². The van der Waals surface area contributed by atoms with Crippen molar-refractivity contribution in [2.24, 2.45) is 0 Å². The van der Waals surface area contributed by atoms with Gasteiger partial charge in [-0.2, -0.15) is 0 Å². The van der Waals surface area contributed by atoms with Crippen LogP contribution >= 0.6 is 23.2 Å². The van der Waals surface area contributed by atoms with Crippen molar-refractivity contribution in [3.05, 3.63) is 57.6 Å². The number of imide groups is 1. The van der Waals surface area contributed by atoms with Crippen LogP contribution in [0, 0.1) is 0 Å². The third kappa shape index (κ3) is 3.27. The van der Waals surface area contributed by atoms with Gasteiger partial charge in [-0.3, -0.25) is 9.69 Å². The summed E-state index contributed by atoms with van der Waals surface area (Å²) in [4.78, 5) is 26.8. The summed E-state index contributed by atoms with van der Waals surface area (Å²) in [5.74, 6) is 0.668. The number of carbonyl (C=O) groups is 2. The van der Waals surface area contributed by atoms with Crippen molar-refractivity contribution >= 4 is 35.1 Å². The average molecular weight is 421 g/mol. The van der Waals surface area contributed by atoms with E-state index in [9.17, 15) is 9.59 Å². The van der Waals surface area contributed by atoms with Gasteiger partial charge >= 0.3 is 6.03 Å². The molecule has 1 saturated heterocycles. The molecule has 1 N–H and O–H groups in total. The number of hydrogen-bond donors (Lipinski definition) is 1. The van der Waals surface area contributed by atoms with E-state index < -0.39 is 11.6 Å². The van der Waals surface area contributed by atoms with Crippen LogP contribution in [0.25, 0.3) is 0 Å². The van der Waals surface area contributed by atoms with Crippen molar-refractivity contribution in [2.45, 2.75) is 25.4 Å². The fourth-order valence-electron chi connectivity index (χ4n) is 3.38. The minimum absolute atomic E-state index is 0.0736. The van der Waals surface area contributed by atoms with Gasteiger partial charge in [0.2, 0.25) is 0 Å². The molecule has 1 atom stereocenters. The molecular weight excluding hydrogens is 403 g/mol. The largest absolute Gasteiger partial charge is 0.489 e. The van der Waals surface area contributed by atoms with Gasteiger partial charge in [0.05, 0.1) is 24.8 Å². The van der Waals surface area contributed by atoms with Crippen LogP contribution in [0.15, 0.2) is 36.4 Å². The molecule has 0 radical (unpaired) electrons. The Kier molecular flexibility index (Phi) is 4.85. The van der Waals surface area contributed by atoms with Crippen LogP contribution in [-0.2, 0) is 16.9 Å². The van der Waals surface area contributed by atoms with Gasteiger partial charge in [-0.05, 0) is 42.3 Å². The van der Waals surface area contributed by atoms with E-state index in [1.54, 1.807) is 43.3 Å². The second-order valence-corrected chi connectivity index (χ2v) is 7.75. The molecule has 0 saturated carbocycles. The number of nitrogens with zero attached hydrogens (tertiary/aromatic N) is 1. The van der Waals surface area contributed by atoms with E-state index in [2.05, 4.69) is 5.32 Å². The van der Waals surface area contributed by atoms with E-state index in [1.165, 1.54) is 4.90 Å². The summed E-state index contributed by atoms with van der Waals surface area (Å²) in [5, 5.41) is 3.73. The summed E-state index contributed by atoms with van der Waals surface area (Å²) in [6.07, 6.45) is 0.757. The number of ether oxygens (including phenoxy) is 2. The van der Waals surface area contributed by atoms with Gasteiger partial charge in [0.25, 0.3) is 5.91 Å². The number of amides is 3. The van der Waals surface area contributed by atoms with Crippen molar-refractivity contribution < 1.29 is 19.1 Å². The first kappa shape index (κ1) is 18.9. The standard InChI is InChI=1S/C20H18Cl2N2O4/c1-20(13-3-5-14(21)6-4-13)18(25)24(19(26)23-20)11-12-9-15(22)17-16(10-12)27-7-2-8-28-17/h3-6,9-10H,2,7-8,11H2,1H3,(H,23,26). The first-order chi connectivity index (χ1) is 13.4. The van der Waals surface area contributed by atoms with E-state index in [1.807, 2.05) is 0 Å². The highest BCUT2D eigenvalue weighted by molar-refractivity contribution is 6.32. The normalized spacial score (nSPS) is 21.5. The minimum Gasteiger partial charge on any atom is -0.489 e.